The Morgan fingerprint density at radius 3 is 1.83 bits per heavy atom. The van der Waals surface area contributed by atoms with Crippen LogP contribution in [0.5, 0.6) is 0 Å². The summed E-state index contributed by atoms with van der Waals surface area (Å²) in [4.78, 5) is 0. The van der Waals surface area contributed by atoms with Crippen molar-refractivity contribution in [3.63, 3.8) is 0 Å². The van der Waals surface area contributed by atoms with Crippen molar-refractivity contribution >= 4 is 17.3 Å². The van der Waals surface area contributed by atoms with Crippen LogP contribution in [-0.2, 0) is 0 Å². The molecule has 0 rings (SSSR count). The van der Waals surface area contributed by atoms with E-state index in [0.717, 1.165) is 12.8 Å². The molecule has 2 N–H and O–H groups in total. The minimum atomic E-state index is 0.629. The molecule has 68 valence electrons. The third kappa shape index (κ3) is 7.28. The first-order valence-electron chi connectivity index (χ1n) is 4.18. The summed E-state index contributed by atoms with van der Waals surface area (Å²) in [6.07, 6.45) is 9.74. The Bertz CT molecular complexity index is 155. The Morgan fingerprint density at radius 1 is 1.08 bits per heavy atom. The van der Waals surface area contributed by atoms with Crippen molar-refractivity contribution in [2.75, 3.05) is 0 Å². The summed E-state index contributed by atoms with van der Waals surface area (Å²) in [6.45, 7) is 4.15. The van der Waals surface area contributed by atoms with E-state index in [9.17, 15) is 0 Å². The van der Waals surface area contributed by atoms with Crippen LogP contribution in [-0.4, -0.2) is 5.11 Å². The molecule has 0 spiro atoms. The van der Waals surface area contributed by atoms with Crippen LogP contribution in [0.25, 0.3) is 0 Å². The second-order valence-electron chi connectivity index (χ2n) is 2.24. The van der Waals surface area contributed by atoms with Gasteiger partial charge < -0.3 is 10.6 Å². The topological polar surface area (TPSA) is 24.1 Å². The van der Waals surface area contributed by atoms with E-state index in [4.69, 9.17) is 12.2 Å². The molecule has 0 aliphatic carbocycles. The highest BCUT2D eigenvalue weighted by atomic mass is 32.1. The molecule has 0 amide bonds. The maximum atomic E-state index is 4.96. The van der Waals surface area contributed by atoms with Gasteiger partial charge in [0.1, 0.15) is 0 Å². The molecule has 0 saturated heterocycles. The zero-order valence-corrected chi connectivity index (χ0v) is 8.45. The van der Waals surface area contributed by atoms with Gasteiger partial charge in [-0.2, -0.15) is 0 Å². The summed E-state index contributed by atoms with van der Waals surface area (Å²) < 4.78 is 0. The Balaban J connectivity index is 3.46. The van der Waals surface area contributed by atoms with Crippen molar-refractivity contribution < 1.29 is 0 Å². The van der Waals surface area contributed by atoms with E-state index in [0.29, 0.717) is 5.11 Å². The lowest BCUT2D eigenvalue weighted by Gasteiger charge is -2.00. The standard InChI is InChI=1S/C9H16N2S/c1-3-5-7-10-9(12)11-8-6-4-2/h5-8H,3-4H2,1-2H3,(H2,10,11,12). The fourth-order valence-electron chi connectivity index (χ4n) is 0.547. The summed E-state index contributed by atoms with van der Waals surface area (Å²) in [6, 6.07) is 0. The van der Waals surface area contributed by atoms with Crippen molar-refractivity contribution in [2.24, 2.45) is 0 Å². The highest BCUT2D eigenvalue weighted by Crippen LogP contribution is 1.78. The highest BCUT2D eigenvalue weighted by Gasteiger charge is 1.83. The normalized spacial score (nSPS) is 10.8. The molecule has 0 aromatic rings. The lowest BCUT2D eigenvalue weighted by Crippen LogP contribution is -2.27. The molecule has 0 bridgehead atoms. The number of nitrogens with one attached hydrogen (secondary N) is 2. The van der Waals surface area contributed by atoms with Crippen LogP contribution in [0.4, 0.5) is 0 Å². The molecule has 0 radical (unpaired) electrons. The van der Waals surface area contributed by atoms with E-state index >= 15 is 0 Å². The van der Waals surface area contributed by atoms with Crippen molar-refractivity contribution in [2.45, 2.75) is 26.7 Å². The van der Waals surface area contributed by atoms with Crippen molar-refractivity contribution in [3.8, 4) is 0 Å². The summed E-state index contributed by atoms with van der Waals surface area (Å²) in [7, 11) is 0. The first kappa shape index (κ1) is 11.2. The molecular weight excluding hydrogens is 168 g/mol. The van der Waals surface area contributed by atoms with E-state index < -0.39 is 0 Å². The second kappa shape index (κ2) is 8.27. The Kier molecular flexibility index (Phi) is 7.70. The maximum absolute atomic E-state index is 4.96. The Hall–Kier alpha value is -0.830. The summed E-state index contributed by atoms with van der Waals surface area (Å²) in [5.41, 5.74) is 0. The van der Waals surface area contributed by atoms with E-state index in [1.165, 1.54) is 0 Å². The van der Waals surface area contributed by atoms with Crippen LogP contribution in [0.1, 0.15) is 26.7 Å². The molecule has 12 heavy (non-hydrogen) atoms. The third-order valence-electron chi connectivity index (χ3n) is 1.14. The number of hydrogen-bond acceptors (Lipinski definition) is 1. The van der Waals surface area contributed by atoms with Gasteiger partial charge in [-0.1, -0.05) is 26.0 Å². The van der Waals surface area contributed by atoms with Crippen LogP contribution in [0.3, 0.4) is 0 Å². The van der Waals surface area contributed by atoms with Gasteiger partial charge in [-0.3, -0.25) is 0 Å². The van der Waals surface area contributed by atoms with Gasteiger partial charge in [-0.25, -0.2) is 0 Å². The van der Waals surface area contributed by atoms with Gasteiger partial charge in [0, 0.05) is 0 Å². The number of allylic oxidation sites excluding steroid dienone is 2. The lowest BCUT2D eigenvalue weighted by atomic mass is 10.5. The highest BCUT2D eigenvalue weighted by molar-refractivity contribution is 7.80. The molecule has 0 fully saturated rings. The van der Waals surface area contributed by atoms with Gasteiger partial charge in [-0.05, 0) is 37.5 Å². The minimum Gasteiger partial charge on any atom is -0.339 e. The largest absolute Gasteiger partial charge is 0.339 e. The van der Waals surface area contributed by atoms with Crippen molar-refractivity contribution in [1.82, 2.24) is 10.6 Å². The van der Waals surface area contributed by atoms with Gasteiger partial charge in [0.25, 0.3) is 0 Å². The maximum Gasteiger partial charge on any atom is 0.174 e. The summed E-state index contributed by atoms with van der Waals surface area (Å²) in [5, 5.41) is 6.49. The zero-order chi connectivity index (χ0) is 9.23. The van der Waals surface area contributed by atoms with Crippen LogP contribution in [0, 0.1) is 0 Å². The summed E-state index contributed by atoms with van der Waals surface area (Å²) >= 11 is 4.96. The average molecular weight is 184 g/mol. The number of thiocarbonyl (C=S) groups is 1. The Morgan fingerprint density at radius 2 is 1.50 bits per heavy atom. The monoisotopic (exact) mass is 184 g/mol. The molecule has 0 saturated carbocycles. The van der Waals surface area contributed by atoms with Crippen LogP contribution >= 0.6 is 12.2 Å². The van der Waals surface area contributed by atoms with Gasteiger partial charge in [0.2, 0.25) is 0 Å². The Labute approximate surface area is 79.7 Å². The second-order valence-corrected chi connectivity index (χ2v) is 2.65. The van der Waals surface area contributed by atoms with E-state index in [2.05, 4.69) is 24.5 Å². The predicted octanol–water partition coefficient (Wildman–Crippen LogP) is 2.30. The molecule has 3 heteroatoms. The molecule has 0 aromatic heterocycles. The van der Waals surface area contributed by atoms with Crippen molar-refractivity contribution in [3.05, 3.63) is 24.6 Å². The molecule has 0 aliphatic heterocycles. The summed E-state index contributed by atoms with van der Waals surface area (Å²) in [5.74, 6) is 0. The van der Waals surface area contributed by atoms with Crippen molar-refractivity contribution in [1.29, 1.82) is 0 Å². The van der Waals surface area contributed by atoms with Gasteiger partial charge in [0.05, 0.1) is 0 Å². The SMILES string of the molecule is CCC=CNC(=S)NC=CCC. The number of rotatable bonds is 4. The van der Waals surface area contributed by atoms with Gasteiger partial charge in [-0.15, -0.1) is 0 Å². The quantitative estimate of drug-likeness (QED) is 0.656. The van der Waals surface area contributed by atoms with Gasteiger partial charge in [0.15, 0.2) is 5.11 Å². The van der Waals surface area contributed by atoms with Crippen LogP contribution in [0.2, 0.25) is 0 Å². The third-order valence-corrected chi connectivity index (χ3v) is 1.37. The van der Waals surface area contributed by atoms with Crippen LogP contribution < -0.4 is 10.6 Å². The fourth-order valence-corrected chi connectivity index (χ4v) is 0.683. The molecule has 2 nitrogen and oxygen atoms in total. The smallest absolute Gasteiger partial charge is 0.174 e. The first-order valence-corrected chi connectivity index (χ1v) is 4.59. The molecule has 0 atom stereocenters. The first-order chi connectivity index (χ1) is 5.81. The van der Waals surface area contributed by atoms with Crippen LogP contribution in [0.15, 0.2) is 24.6 Å². The molecule has 0 unspecified atom stereocenters. The van der Waals surface area contributed by atoms with E-state index in [1.807, 2.05) is 24.6 Å². The molecular formula is C9H16N2S. The minimum absolute atomic E-state index is 0.629. The molecule has 0 aromatic carbocycles. The zero-order valence-electron chi connectivity index (χ0n) is 7.63. The van der Waals surface area contributed by atoms with Gasteiger partial charge >= 0.3 is 0 Å². The van der Waals surface area contributed by atoms with E-state index in [-0.39, 0.29) is 0 Å². The predicted molar refractivity (Wildman–Crippen MR) is 57.7 cm³/mol. The molecule has 0 heterocycles. The lowest BCUT2D eigenvalue weighted by molar-refractivity contribution is 1.11. The fraction of sp³-hybridized carbons (Fsp3) is 0.444. The van der Waals surface area contributed by atoms with E-state index in [1.54, 1.807) is 0 Å². The average Bonchev–Trinajstić information content (AvgIpc) is 2.06. The number of hydrogen-bond donors (Lipinski definition) is 2. The molecule has 0 aliphatic rings.